The van der Waals surface area contributed by atoms with Gasteiger partial charge in [-0.3, -0.25) is 0 Å². The summed E-state index contributed by atoms with van der Waals surface area (Å²) in [5, 5.41) is 3.40. The third-order valence-corrected chi connectivity index (χ3v) is 2.25. The Morgan fingerprint density at radius 2 is 2.17 bits per heavy atom. The van der Waals surface area contributed by atoms with E-state index in [0.29, 0.717) is 18.5 Å². The zero-order valence-electron chi connectivity index (χ0n) is 8.56. The van der Waals surface area contributed by atoms with Crippen LogP contribution in [-0.4, -0.2) is 19.1 Å². The summed E-state index contributed by atoms with van der Waals surface area (Å²) in [6.45, 7) is 11.9. The van der Waals surface area contributed by atoms with Crippen molar-refractivity contribution in [2.75, 3.05) is 13.1 Å². The molecule has 0 radical (unpaired) electrons. The first-order valence-electron chi connectivity index (χ1n) is 4.69. The van der Waals surface area contributed by atoms with E-state index in [1.165, 1.54) is 6.42 Å². The van der Waals surface area contributed by atoms with Crippen LogP contribution in [0, 0.1) is 5.92 Å². The van der Waals surface area contributed by atoms with Crippen LogP contribution >= 0.6 is 0 Å². The normalized spacial score (nSPS) is 15.7. The third-order valence-electron chi connectivity index (χ3n) is 2.25. The summed E-state index contributed by atoms with van der Waals surface area (Å²) in [4.78, 5) is 0. The van der Waals surface area contributed by atoms with Crippen LogP contribution in [0.5, 0.6) is 0 Å². The van der Waals surface area contributed by atoms with Gasteiger partial charge in [0.15, 0.2) is 0 Å². The van der Waals surface area contributed by atoms with E-state index in [9.17, 15) is 0 Å². The van der Waals surface area contributed by atoms with Crippen molar-refractivity contribution in [1.29, 1.82) is 0 Å². The molecule has 0 saturated heterocycles. The fourth-order valence-electron chi connectivity index (χ4n) is 1.11. The highest BCUT2D eigenvalue weighted by Crippen LogP contribution is 2.06. The first kappa shape index (κ1) is 11.7. The van der Waals surface area contributed by atoms with Gasteiger partial charge in [0, 0.05) is 19.1 Å². The molecule has 0 aliphatic rings. The fourth-order valence-corrected chi connectivity index (χ4v) is 1.11. The van der Waals surface area contributed by atoms with Crippen molar-refractivity contribution >= 4 is 0 Å². The molecule has 0 heterocycles. The maximum absolute atomic E-state index is 5.64. The summed E-state index contributed by atoms with van der Waals surface area (Å²) >= 11 is 0. The van der Waals surface area contributed by atoms with Gasteiger partial charge in [-0.05, 0) is 12.8 Å². The number of nitrogens with one attached hydrogen (secondary N) is 1. The summed E-state index contributed by atoms with van der Waals surface area (Å²) in [6, 6.07) is 0.437. The first-order valence-corrected chi connectivity index (χ1v) is 4.69. The zero-order valence-corrected chi connectivity index (χ0v) is 8.56. The minimum absolute atomic E-state index is 0.437. The molecular weight excluding hydrogens is 148 g/mol. The van der Waals surface area contributed by atoms with Crippen LogP contribution in [0.4, 0.5) is 0 Å². The molecule has 0 amide bonds. The van der Waals surface area contributed by atoms with E-state index in [0.717, 1.165) is 12.1 Å². The Morgan fingerprint density at radius 3 is 2.50 bits per heavy atom. The van der Waals surface area contributed by atoms with E-state index < -0.39 is 0 Å². The predicted octanol–water partition coefficient (Wildman–Crippen LogP) is 1.53. The largest absolute Gasteiger partial charge is 0.329 e. The number of hydrogen-bond acceptors (Lipinski definition) is 2. The second kappa shape index (κ2) is 6.21. The van der Waals surface area contributed by atoms with Crippen LogP contribution in [-0.2, 0) is 0 Å². The van der Waals surface area contributed by atoms with E-state index in [1.807, 2.05) is 6.92 Å². The van der Waals surface area contributed by atoms with Crippen molar-refractivity contribution < 1.29 is 0 Å². The molecule has 2 nitrogen and oxygen atoms in total. The Balaban J connectivity index is 3.74. The zero-order chi connectivity index (χ0) is 9.56. The second-order valence-corrected chi connectivity index (χ2v) is 3.57. The highest BCUT2D eigenvalue weighted by Gasteiger charge is 2.12. The molecule has 0 aliphatic heterocycles. The van der Waals surface area contributed by atoms with Crippen LogP contribution in [0.25, 0.3) is 0 Å². The summed E-state index contributed by atoms with van der Waals surface area (Å²) in [6.07, 6.45) is 1.17. The van der Waals surface area contributed by atoms with Crippen molar-refractivity contribution in [1.82, 2.24) is 5.32 Å². The minimum Gasteiger partial charge on any atom is -0.329 e. The average molecular weight is 170 g/mol. The molecule has 0 spiro atoms. The second-order valence-electron chi connectivity index (χ2n) is 3.57. The summed E-state index contributed by atoms with van der Waals surface area (Å²) in [5.41, 5.74) is 6.81. The van der Waals surface area contributed by atoms with E-state index in [4.69, 9.17) is 5.73 Å². The quantitative estimate of drug-likeness (QED) is 0.593. The molecule has 0 saturated carbocycles. The Morgan fingerprint density at radius 1 is 1.58 bits per heavy atom. The topological polar surface area (TPSA) is 38.0 Å². The molecule has 3 N–H and O–H groups in total. The lowest BCUT2D eigenvalue weighted by molar-refractivity contribution is 0.383. The van der Waals surface area contributed by atoms with Gasteiger partial charge in [-0.25, -0.2) is 0 Å². The molecule has 2 heteroatoms. The average Bonchev–Trinajstić information content (AvgIpc) is 2.04. The van der Waals surface area contributed by atoms with Crippen LogP contribution in [0.3, 0.4) is 0 Å². The lowest BCUT2D eigenvalue weighted by atomic mass is 9.99. The molecule has 0 aromatic rings. The van der Waals surface area contributed by atoms with E-state index in [1.54, 1.807) is 0 Å². The third kappa shape index (κ3) is 4.52. The fraction of sp³-hybridized carbons (Fsp3) is 0.800. The van der Waals surface area contributed by atoms with Gasteiger partial charge in [-0.2, -0.15) is 0 Å². The molecule has 0 aliphatic carbocycles. The van der Waals surface area contributed by atoms with Gasteiger partial charge in [0.2, 0.25) is 0 Å². The summed E-state index contributed by atoms with van der Waals surface area (Å²) in [5.74, 6) is 0.648. The van der Waals surface area contributed by atoms with Crippen molar-refractivity contribution in [2.45, 2.75) is 33.2 Å². The monoisotopic (exact) mass is 170 g/mol. The molecule has 72 valence electrons. The number of rotatable bonds is 6. The van der Waals surface area contributed by atoms with Crippen molar-refractivity contribution in [2.24, 2.45) is 11.7 Å². The molecule has 0 fully saturated rings. The molecule has 0 aromatic carbocycles. The van der Waals surface area contributed by atoms with Gasteiger partial charge in [-0.15, -0.1) is 0 Å². The molecule has 0 bridgehead atoms. The van der Waals surface area contributed by atoms with Gasteiger partial charge in [-0.1, -0.05) is 32.4 Å². The van der Waals surface area contributed by atoms with E-state index >= 15 is 0 Å². The van der Waals surface area contributed by atoms with Crippen LogP contribution in [0.2, 0.25) is 0 Å². The van der Waals surface area contributed by atoms with Gasteiger partial charge < -0.3 is 11.1 Å². The standard InChI is InChI=1S/C10H22N2/c1-5-9(4)10(6-11)12-7-8(2)3/h9-10,12H,2,5-7,11H2,1,3-4H3. The van der Waals surface area contributed by atoms with Crippen LogP contribution in [0.15, 0.2) is 12.2 Å². The van der Waals surface area contributed by atoms with Crippen molar-refractivity contribution in [3.05, 3.63) is 12.2 Å². The smallest absolute Gasteiger partial charge is 0.0218 e. The lowest BCUT2D eigenvalue weighted by Crippen LogP contribution is -2.41. The van der Waals surface area contributed by atoms with Gasteiger partial charge >= 0.3 is 0 Å². The predicted molar refractivity (Wildman–Crippen MR) is 55.1 cm³/mol. The Hall–Kier alpha value is -0.340. The molecule has 2 unspecified atom stereocenters. The molecule has 2 atom stereocenters. The molecule has 0 aromatic heterocycles. The van der Waals surface area contributed by atoms with Crippen molar-refractivity contribution in [3.63, 3.8) is 0 Å². The molecule has 0 rings (SSSR count). The Labute approximate surface area is 76.2 Å². The Kier molecular flexibility index (Phi) is 6.03. The SMILES string of the molecule is C=C(C)CNC(CN)C(C)CC. The Bertz CT molecular complexity index is 132. The number of hydrogen-bond donors (Lipinski definition) is 2. The van der Waals surface area contributed by atoms with Crippen LogP contribution < -0.4 is 11.1 Å². The van der Waals surface area contributed by atoms with Crippen LogP contribution in [0.1, 0.15) is 27.2 Å². The minimum atomic E-state index is 0.437. The number of nitrogens with two attached hydrogens (primary N) is 1. The van der Waals surface area contributed by atoms with Gasteiger partial charge in [0.1, 0.15) is 0 Å². The lowest BCUT2D eigenvalue weighted by Gasteiger charge is -2.22. The molecular formula is C10H22N2. The maximum atomic E-state index is 5.64. The highest BCUT2D eigenvalue weighted by molar-refractivity contribution is 4.92. The van der Waals surface area contributed by atoms with Gasteiger partial charge in [0.25, 0.3) is 0 Å². The maximum Gasteiger partial charge on any atom is 0.0218 e. The van der Waals surface area contributed by atoms with E-state index in [-0.39, 0.29) is 0 Å². The van der Waals surface area contributed by atoms with Gasteiger partial charge in [0.05, 0.1) is 0 Å². The molecule has 12 heavy (non-hydrogen) atoms. The van der Waals surface area contributed by atoms with Crippen molar-refractivity contribution in [3.8, 4) is 0 Å². The first-order chi connectivity index (χ1) is 5.61. The summed E-state index contributed by atoms with van der Waals surface area (Å²) < 4.78 is 0. The highest BCUT2D eigenvalue weighted by atomic mass is 14.9. The van der Waals surface area contributed by atoms with E-state index in [2.05, 4.69) is 25.7 Å². The summed E-state index contributed by atoms with van der Waals surface area (Å²) in [7, 11) is 0.